The number of rotatable bonds is 2. The Bertz CT molecular complexity index is 304. The minimum atomic E-state index is -0.428. The first-order chi connectivity index (χ1) is 7.86. The van der Waals surface area contributed by atoms with Crippen LogP contribution in [0.2, 0.25) is 0 Å². The number of carbonyl (C=O) groups is 1. The van der Waals surface area contributed by atoms with Gasteiger partial charge in [-0.1, -0.05) is 0 Å². The maximum atomic E-state index is 12.0. The lowest BCUT2D eigenvalue weighted by molar-refractivity contribution is 0.0281. The van der Waals surface area contributed by atoms with Crippen molar-refractivity contribution < 1.29 is 14.6 Å². The molecule has 2 rings (SSSR count). The number of aliphatic hydroxyl groups excluding tert-OH is 1. The van der Waals surface area contributed by atoms with E-state index in [9.17, 15) is 4.79 Å². The van der Waals surface area contributed by atoms with Crippen LogP contribution in [-0.2, 0) is 4.74 Å². The molecule has 1 aliphatic heterocycles. The Kier molecular flexibility index (Phi) is 3.10. The second kappa shape index (κ2) is 4.16. The standard InChI is InChI=1S/C13H23NO3/c1-12(2,3)17-11(16)14-8-10(4-7-15)13(9-14)5-6-13/h10,15H,4-9H2,1-3H3. The monoisotopic (exact) mass is 241 g/mol. The van der Waals surface area contributed by atoms with Gasteiger partial charge < -0.3 is 14.7 Å². The maximum absolute atomic E-state index is 12.0. The lowest BCUT2D eigenvalue weighted by Gasteiger charge is -2.24. The zero-order valence-corrected chi connectivity index (χ0v) is 11.0. The molecular weight excluding hydrogens is 218 g/mol. The third-order valence-electron chi connectivity index (χ3n) is 3.83. The second-order valence-electron chi connectivity index (χ2n) is 6.43. The number of amides is 1. The maximum Gasteiger partial charge on any atom is 0.410 e. The number of hydrogen-bond acceptors (Lipinski definition) is 3. The summed E-state index contributed by atoms with van der Waals surface area (Å²) in [7, 11) is 0. The molecule has 2 aliphatic rings. The summed E-state index contributed by atoms with van der Waals surface area (Å²) >= 11 is 0. The normalized spacial score (nSPS) is 26.4. The molecule has 1 amide bonds. The van der Waals surface area contributed by atoms with Gasteiger partial charge in [0.2, 0.25) is 0 Å². The summed E-state index contributed by atoms with van der Waals surface area (Å²) in [6.45, 7) is 7.44. The molecule has 0 aromatic heterocycles. The smallest absolute Gasteiger partial charge is 0.410 e. The minimum absolute atomic E-state index is 0.204. The van der Waals surface area contributed by atoms with Crippen LogP contribution in [0, 0.1) is 11.3 Å². The molecule has 1 spiro atoms. The quantitative estimate of drug-likeness (QED) is 0.804. The lowest BCUT2D eigenvalue weighted by Crippen LogP contribution is -2.35. The van der Waals surface area contributed by atoms with E-state index < -0.39 is 5.60 Å². The van der Waals surface area contributed by atoms with Crippen LogP contribution in [-0.4, -0.2) is 41.4 Å². The Hall–Kier alpha value is -0.770. The average Bonchev–Trinajstić information content (AvgIpc) is 2.84. The summed E-state index contributed by atoms with van der Waals surface area (Å²) in [5, 5.41) is 9.06. The van der Waals surface area contributed by atoms with Gasteiger partial charge in [0, 0.05) is 19.7 Å². The summed E-state index contributed by atoms with van der Waals surface area (Å²) in [4.78, 5) is 13.8. The van der Waals surface area contributed by atoms with Crippen molar-refractivity contribution in [3.05, 3.63) is 0 Å². The van der Waals surface area contributed by atoms with Crippen molar-refractivity contribution in [2.75, 3.05) is 19.7 Å². The van der Waals surface area contributed by atoms with Crippen LogP contribution in [0.1, 0.15) is 40.0 Å². The van der Waals surface area contributed by atoms with Crippen molar-refractivity contribution in [1.29, 1.82) is 0 Å². The molecule has 1 aliphatic carbocycles. The summed E-state index contributed by atoms with van der Waals surface area (Å²) in [6, 6.07) is 0. The molecule has 1 unspecified atom stereocenters. The Morgan fingerprint density at radius 3 is 2.59 bits per heavy atom. The molecule has 1 heterocycles. The van der Waals surface area contributed by atoms with Crippen molar-refractivity contribution in [3.8, 4) is 0 Å². The van der Waals surface area contributed by atoms with E-state index in [-0.39, 0.29) is 12.7 Å². The number of ether oxygens (including phenoxy) is 1. The molecule has 17 heavy (non-hydrogen) atoms. The van der Waals surface area contributed by atoms with Crippen LogP contribution >= 0.6 is 0 Å². The van der Waals surface area contributed by atoms with Crippen LogP contribution in [0.25, 0.3) is 0 Å². The van der Waals surface area contributed by atoms with Crippen LogP contribution < -0.4 is 0 Å². The highest BCUT2D eigenvalue weighted by Gasteiger charge is 2.55. The van der Waals surface area contributed by atoms with Crippen LogP contribution in [0.5, 0.6) is 0 Å². The van der Waals surface area contributed by atoms with Gasteiger partial charge in [0.25, 0.3) is 0 Å². The number of hydrogen-bond donors (Lipinski definition) is 1. The minimum Gasteiger partial charge on any atom is -0.444 e. The molecule has 4 heteroatoms. The Morgan fingerprint density at radius 1 is 1.47 bits per heavy atom. The van der Waals surface area contributed by atoms with E-state index in [0.717, 1.165) is 19.5 Å². The topological polar surface area (TPSA) is 49.8 Å². The van der Waals surface area contributed by atoms with Crippen molar-refractivity contribution in [1.82, 2.24) is 4.90 Å². The molecular formula is C13H23NO3. The molecule has 2 fully saturated rings. The van der Waals surface area contributed by atoms with Gasteiger partial charge >= 0.3 is 6.09 Å². The molecule has 1 atom stereocenters. The highest BCUT2D eigenvalue weighted by Crippen LogP contribution is 2.57. The largest absolute Gasteiger partial charge is 0.444 e. The third kappa shape index (κ3) is 2.73. The first-order valence-electron chi connectivity index (χ1n) is 6.45. The molecule has 1 saturated heterocycles. The summed E-state index contributed by atoms with van der Waals surface area (Å²) in [5.74, 6) is 0.458. The van der Waals surface area contributed by atoms with Crippen molar-refractivity contribution in [2.45, 2.75) is 45.6 Å². The number of nitrogens with zero attached hydrogens (tertiary/aromatic N) is 1. The fourth-order valence-corrected chi connectivity index (χ4v) is 2.78. The molecule has 1 N–H and O–H groups in total. The van der Waals surface area contributed by atoms with E-state index in [2.05, 4.69) is 0 Å². The molecule has 0 radical (unpaired) electrons. The Labute approximate surface area is 103 Å². The van der Waals surface area contributed by atoms with Gasteiger partial charge in [-0.2, -0.15) is 0 Å². The van der Waals surface area contributed by atoms with Gasteiger partial charge in [0.05, 0.1) is 0 Å². The van der Waals surface area contributed by atoms with Crippen molar-refractivity contribution >= 4 is 6.09 Å². The predicted octanol–water partition coefficient (Wildman–Crippen LogP) is 2.02. The number of aliphatic hydroxyl groups is 1. The van der Waals surface area contributed by atoms with Gasteiger partial charge in [-0.25, -0.2) is 4.79 Å². The van der Waals surface area contributed by atoms with E-state index in [1.165, 1.54) is 12.8 Å². The predicted molar refractivity (Wildman–Crippen MR) is 64.7 cm³/mol. The summed E-state index contributed by atoms with van der Waals surface area (Å²) in [5.41, 5.74) is -0.123. The van der Waals surface area contributed by atoms with Gasteiger partial charge in [0.15, 0.2) is 0 Å². The lowest BCUT2D eigenvalue weighted by atomic mass is 9.90. The highest BCUT2D eigenvalue weighted by molar-refractivity contribution is 5.68. The summed E-state index contributed by atoms with van der Waals surface area (Å²) in [6.07, 6.45) is 2.98. The molecule has 0 bridgehead atoms. The fraction of sp³-hybridized carbons (Fsp3) is 0.923. The molecule has 0 aromatic carbocycles. The highest BCUT2D eigenvalue weighted by atomic mass is 16.6. The number of likely N-dealkylation sites (tertiary alicyclic amines) is 1. The second-order valence-corrected chi connectivity index (χ2v) is 6.43. The number of carbonyl (C=O) groups excluding carboxylic acids is 1. The van der Waals surface area contributed by atoms with E-state index in [1.54, 1.807) is 0 Å². The first kappa shape index (κ1) is 12.7. The third-order valence-corrected chi connectivity index (χ3v) is 3.83. The van der Waals surface area contributed by atoms with E-state index in [1.807, 2.05) is 25.7 Å². The van der Waals surface area contributed by atoms with Gasteiger partial charge in [-0.05, 0) is 51.4 Å². The van der Waals surface area contributed by atoms with Gasteiger partial charge in [-0.3, -0.25) is 0 Å². The van der Waals surface area contributed by atoms with Gasteiger partial charge in [0.1, 0.15) is 5.60 Å². The SMILES string of the molecule is CC(C)(C)OC(=O)N1CC(CCO)C2(CC2)C1. The van der Waals surface area contributed by atoms with Crippen molar-refractivity contribution in [2.24, 2.45) is 11.3 Å². The summed E-state index contributed by atoms with van der Waals surface area (Å²) < 4.78 is 5.39. The van der Waals surface area contributed by atoms with Crippen LogP contribution in [0.15, 0.2) is 0 Å². The fourth-order valence-electron chi connectivity index (χ4n) is 2.78. The zero-order chi connectivity index (χ0) is 12.7. The van der Waals surface area contributed by atoms with Gasteiger partial charge in [-0.15, -0.1) is 0 Å². The molecule has 1 saturated carbocycles. The Morgan fingerprint density at radius 2 is 2.12 bits per heavy atom. The van der Waals surface area contributed by atoms with Crippen LogP contribution in [0.3, 0.4) is 0 Å². The van der Waals surface area contributed by atoms with Crippen LogP contribution in [0.4, 0.5) is 4.79 Å². The Balaban J connectivity index is 1.94. The molecule has 98 valence electrons. The van der Waals surface area contributed by atoms with Crippen molar-refractivity contribution in [3.63, 3.8) is 0 Å². The van der Waals surface area contributed by atoms with E-state index >= 15 is 0 Å². The first-order valence-corrected chi connectivity index (χ1v) is 6.45. The van der Waals surface area contributed by atoms with E-state index in [0.29, 0.717) is 11.3 Å². The average molecular weight is 241 g/mol. The molecule has 0 aromatic rings. The molecule has 4 nitrogen and oxygen atoms in total. The zero-order valence-electron chi connectivity index (χ0n) is 11.0. The van der Waals surface area contributed by atoms with E-state index in [4.69, 9.17) is 9.84 Å².